The summed E-state index contributed by atoms with van der Waals surface area (Å²) in [5, 5.41) is 4.37. The molecule has 0 N–H and O–H groups in total. The zero-order valence-corrected chi connectivity index (χ0v) is 12.8. The summed E-state index contributed by atoms with van der Waals surface area (Å²) in [7, 11) is 1.67. The maximum absolute atomic E-state index is 5.54. The molecule has 0 spiro atoms. The summed E-state index contributed by atoms with van der Waals surface area (Å²) < 4.78 is 18.3. The molecule has 0 atom stereocenters. The number of hydrogen-bond acceptors (Lipinski definition) is 4. The average molecular weight is 290 g/mol. The topological polar surface area (TPSA) is 45.5 Å². The average Bonchev–Trinajstić information content (AvgIpc) is 2.96. The smallest absolute Gasteiger partial charge is 0.176 e. The lowest BCUT2D eigenvalue weighted by atomic mass is 10.1. The Balaban J connectivity index is 2.13. The number of para-hydroxylation sites is 1. The summed E-state index contributed by atoms with van der Waals surface area (Å²) >= 11 is 0. The third-order valence-electron chi connectivity index (χ3n) is 3.09. The van der Waals surface area contributed by atoms with Gasteiger partial charge in [-0.15, -0.1) is 0 Å². The van der Waals surface area contributed by atoms with Crippen LogP contribution in [0.4, 0.5) is 0 Å². The number of rotatable bonds is 8. The van der Waals surface area contributed by atoms with Gasteiger partial charge in [0.1, 0.15) is 5.75 Å². The van der Waals surface area contributed by atoms with Gasteiger partial charge in [0.2, 0.25) is 0 Å². The number of ether oxygens (including phenoxy) is 3. The highest BCUT2D eigenvalue weighted by atomic mass is 16.7. The molecule has 2 aromatic rings. The third-order valence-corrected chi connectivity index (χ3v) is 3.09. The van der Waals surface area contributed by atoms with Crippen molar-refractivity contribution in [2.45, 2.75) is 26.7 Å². The fraction of sp³-hybridized carbons (Fsp3) is 0.438. The van der Waals surface area contributed by atoms with Crippen LogP contribution in [0.15, 0.2) is 36.7 Å². The van der Waals surface area contributed by atoms with Crippen molar-refractivity contribution in [3.05, 3.63) is 36.7 Å². The lowest BCUT2D eigenvalue weighted by molar-refractivity contribution is -0.144. The first kappa shape index (κ1) is 15.5. The van der Waals surface area contributed by atoms with E-state index in [1.807, 2.05) is 55.2 Å². The minimum atomic E-state index is -0.273. The summed E-state index contributed by atoms with van der Waals surface area (Å²) in [5.41, 5.74) is 2.04. The van der Waals surface area contributed by atoms with E-state index in [4.69, 9.17) is 14.2 Å². The van der Waals surface area contributed by atoms with Crippen molar-refractivity contribution in [2.75, 3.05) is 20.3 Å². The molecular formula is C16H22N2O3. The van der Waals surface area contributed by atoms with Crippen molar-refractivity contribution in [2.24, 2.45) is 0 Å². The van der Waals surface area contributed by atoms with E-state index in [-0.39, 0.29) is 6.29 Å². The number of aromatic nitrogens is 2. The van der Waals surface area contributed by atoms with Crippen LogP contribution >= 0.6 is 0 Å². The lowest BCUT2D eigenvalue weighted by Gasteiger charge is -2.16. The minimum Gasteiger partial charge on any atom is -0.496 e. The molecule has 21 heavy (non-hydrogen) atoms. The molecule has 114 valence electrons. The SMILES string of the molecule is CCOC(Cn1cc(-c2ccccc2OC)cn1)OCC. The number of benzene rings is 1. The van der Waals surface area contributed by atoms with Crippen LogP contribution in [0.5, 0.6) is 5.75 Å². The van der Waals surface area contributed by atoms with E-state index in [1.54, 1.807) is 7.11 Å². The molecule has 0 saturated heterocycles. The summed E-state index contributed by atoms with van der Waals surface area (Å²) in [4.78, 5) is 0. The second-order valence-electron chi connectivity index (χ2n) is 4.49. The predicted octanol–water partition coefficient (Wildman–Crippen LogP) is 2.96. The van der Waals surface area contributed by atoms with E-state index in [0.29, 0.717) is 19.8 Å². The van der Waals surface area contributed by atoms with E-state index in [9.17, 15) is 0 Å². The Hall–Kier alpha value is -1.85. The first-order chi connectivity index (χ1) is 10.3. The van der Waals surface area contributed by atoms with Gasteiger partial charge < -0.3 is 14.2 Å². The first-order valence-corrected chi connectivity index (χ1v) is 7.17. The van der Waals surface area contributed by atoms with Crippen LogP contribution in [0.25, 0.3) is 11.1 Å². The Kier molecular flexibility index (Phi) is 5.78. The van der Waals surface area contributed by atoms with E-state index in [1.165, 1.54) is 0 Å². The Bertz CT molecular complexity index is 548. The molecule has 1 aromatic heterocycles. The Morgan fingerprint density at radius 1 is 1.14 bits per heavy atom. The van der Waals surface area contributed by atoms with Crippen LogP contribution in [0, 0.1) is 0 Å². The highest BCUT2D eigenvalue weighted by molar-refractivity contribution is 5.69. The summed E-state index contributed by atoms with van der Waals surface area (Å²) in [6.45, 7) is 5.71. The summed E-state index contributed by atoms with van der Waals surface area (Å²) in [6, 6.07) is 7.89. The third kappa shape index (κ3) is 4.06. The molecule has 0 fully saturated rings. The fourth-order valence-corrected chi connectivity index (χ4v) is 2.16. The largest absolute Gasteiger partial charge is 0.496 e. The van der Waals surface area contributed by atoms with Gasteiger partial charge >= 0.3 is 0 Å². The highest BCUT2D eigenvalue weighted by Gasteiger charge is 2.12. The molecule has 0 unspecified atom stereocenters. The second kappa shape index (κ2) is 7.81. The highest BCUT2D eigenvalue weighted by Crippen LogP contribution is 2.28. The van der Waals surface area contributed by atoms with Crippen LogP contribution in [0.3, 0.4) is 0 Å². The number of hydrogen-bond donors (Lipinski definition) is 0. The zero-order chi connectivity index (χ0) is 15.1. The van der Waals surface area contributed by atoms with Gasteiger partial charge in [0.05, 0.1) is 19.9 Å². The van der Waals surface area contributed by atoms with Crippen molar-refractivity contribution >= 4 is 0 Å². The van der Waals surface area contributed by atoms with Gasteiger partial charge in [0, 0.05) is 30.5 Å². The zero-order valence-electron chi connectivity index (χ0n) is 12.8. The molecule has 5 nitrogen and oxygen atoms in total. The Labute approximate surface area is 125 Å². The predicted molar refractivity (Wildman–Crippen MR) is 81.3 cm³/mol. The monoisotopic (exact) mass is 290 g/mol. The molecule has 0 saturated carbocycles. The van der Waals surface area contributed by atoms with Crippen molar-refractivity contribution in [1.29, 1.82) is 0 Å². The lowest BCUT2D eigenvalue weighted by Crippen LogP contribution is -2.23. The molecule has 0 bridgehead atoms. The number of methoxy groups -OCH3 is 1. The van der Waals surface area contributed by atoms with E-state index >= 15 is 0 Å². The minimum absolute atomic E-state index is 0.273. The molecule has 1 aromatic carbocycles. The van der Waals surface area contributed by atoms with Crippen molar-refractivity contribution in [1.82, 2.24) is 9.78 Å². The van der Waals surface area contributed by atoms with Gasteiger partial charge in [0.25, 0.3) is 0 Å². The normalized spacial score (nSPS) is 11.0. The molecule has 2 rings (SSSR count). The summed E-state index contributed by atoms with van der Waals surface area (Å²) in [5.74, 6) is 0.836. The van der Waals surface area contributed by atoms with Gasteiger partial charge in [-0.2, -0.15) is 5.10 Å². The van der Waals surface area contributed by atoms with E-state index in [2.05, 4.69) is 5.10 Å². The molecule has 0 radical (unpaired) electrons. The molecule has 0 amide bonds. The van der Waals surface area contributed by atoms with Crippen molar-refractivity contribution in [3.63, 3.8) is 0 Å². The van der Waals surface area contributed by atoms with Crippen LogP contribution in [-0.2, 0) is 16.0 Å². The van der Waals surface area contributed by atoms with Crippen molar-refractivity contribution in [3.8, 4) is 16.9 Å². The first-order valence-electron chi connectivity index (χ1n) is 7.17. The molecule has 1 heterocycles. The quantitative estimate of drug-likeness (QED) is 0.701. The Morgan fingerprint density at radius 3 is 2.52 bits per heavy atom. The van der Waals surface area contributed by atoms with Crippen LogP contribution < -0.4 is 4.74 Å². The van der Waals surface area contributed by atoms with E-state index < -0.39 is 0 Å². The Morgan fingerprint density at radius 2 is 1.86 bits per heavy atom. The van der Waals surface area contributed by atoms with Gasteiger partial charge in [-0.25, -0.2) is 0 Å². The van der Waals surface area contributed by atoms with Gasteiger partial charge in [-0.05, 0) is 19.9 Å². The fourth-order valence-electron chi connectivity index (χ4n) is 2.16. The maximum Gasteiger partial charge on any atom is 0.176 e. The van der Waals surface area contributed by atoms with E-state index in [0.717, 1.165) is 16.9 Å². The van der Waals surface area contributed by atoms with Gasteiger partial charge in [-0.1, -0.05) is 18.2 Å². The molecule has 5 heteroatoms. The molecule has 0 aliphatic carbocycles. The van der Waals surface area contributed by atoms with Gasteiger partial charge in [-0.3, -0.25) is 4.68 Å². The summed E-state index contributed by atoms with van der Waals surface area (Å²) in [6.07, 6.45) is 3.53. The second-order valence-corrected chi connectivity index (χ2v) is 4.49. The molecule has 0 aliphatic rings. The maximum atomic E-state index is 5.54. The number of nitrogens with zero attached hydrogens (tertiary/aromatic N) is 2. The standard InChI is InChI=1S/C16H22N2O3/c1-4-20-16(21-5-2)12-18-11-13(10-17-18)14-8-6-7-9-15(14)19-3/h6-11,16H,4-5,12H2,1-3H3. The molecule has 0 aliphatic heterocycles. The van der Waals surface area contributed by atoms with Crippen LogP contribution in [0.2, 0.25) is 0 Å². The van der Waals surface area contributed by atoms with Crippen LogP contribution in [0.1, 0.15) is 13.8 Å². The van der Waals surface area contributed by atoms with Crippen LogP contribution in [-0.4, -0.2) is 36.4 Å². The van der Waals surface area contributed by atoms with Gasteiger partial charge in [0.15, 0.2) is 6.29 Å². The molecular weight excluding hydrogens is 268 g/mol. The van der Waals surface area contributed by atoms with Crippen molar-refractivity contribution < 1.29 is 14.2 Å².